The highest BCUT2D eigenvalue weighted by molar-refractivity contribution is 6.39. The summed E-state index contributed by atoms with van der Waals surface area (Å²) in [6.45, 7) is 6.21. The standard InChI is InChI=1S/C29H25ClN2O7/c1-4-36-25-13-19(11-22(30)26(25)37-14-18-5-6-23-24(12-18)39-15-38-23)10-21-27(33)31-29(35)32(28(21)34)20-8-16(2)7-17(3)9-20/h5-13H,4,14-15H2,1-3H3,(H,31,33,35)/b21-10+. The molecule has 200 valence electrons. The van der Waals surface area contributed by atoms with Gasteiger partial charge in [-0.15, -0.1) is 0 Å². The maximum Gasteiger partial charge on any atom is 0.335 e. The Labute approximate surface area is 229 Å². The summed E-state index contributed by atoms with van der Waals surface area (Å²) < 4.78 is 22.5. The lowest BCUT2D eigenvalue weighted by molar-refractivity contribution is -0.122. The Balaban J connectivity index is 1.44. The zero-order valence-corrected chi connectivity index (χ0v) is 22.3. The van der Waals surface area contributed by atoms with Gasteiger partial charge in [0.15, 0.2) is 23.0 Å². The quantitative estimate of drug-likeness (QED) is 0.314. The largest absolute Gasteiger partial charge is 0.490 e. The molecule has 9 nitrogen and oxygen atoms in total. The first-order valence-corrected chi connectivity index (χ1v) is 12.6. The number of rotatable bonds is 7. The van der Waals surface area contributed by atoms with Crippen molar-refractivity contribution in [2.24, 2.45) is 0 Å². The molecule has 0 unspecified atom stereocenters. The zero-order valence-electron chi connectivity index (χ0n) is 21.5. The van der Waals surface area contributed by atoms with Crippen LogP contribution in [0.15, 0.2) is 54.1 Å². The first kappa shape index (κ1) is 26.1. The van der Waals surface area contributed by atoms with Gasteiger partial charge in [0.2, 0.25) is 6.79 Å². The van der Waals surface area contributed by atoms with Gasteiger partial charge in [-0.05, 0) is 85.5 Å². The number of anilines is 1. The molecule has 1 N–H and O–H groups in total. The average Bonchev–Trinajstić information content (AvgIpc) is 3.33. The lowest BCUT2D eigenvalue weighted by Crippen LogP contribution is -2.54. The van der Waals surface area contributed by atoms with Crippen LogP contribution in [0, 0.1) is 13.8 Å². The summed E-state index contributed by atoms with van der Waals surface area (Å²) in [5.41, 5.74) is 3.15. The fourth-order valence-electron chi connectivity index (χ4n) is 4.40. The Hall–Kier alpha value is -4.50. The molecule has 3 aromatic rings. The maximum absolute atomic E-state index is 13.3. The molecule has 0 spiro atoms. The van der Waals surface area contributed by atoms with Crippen molar-refractivity contribution in [2.45, 2.75) is 27.4 Å². The summed E-state index contributed by atoms with van der Waals surface area (Å²) >= 11 is 6.57. The number of nitrogens with zero attached hydrogens (tertiary/aromatic N) is 1. The number of barbiturate groups is 1. The number of hydrogen-bond donors (Lipinski definition) is 1. The fourth-order valence-corrected chi connectivity index (χ4v) is 4.67. The monoisotopic (exact) mass is 548 g/mol. The number of carbonyl (C=O) groups is 3. The number of benzene rings is 3. The highest BCUT2D eigenvalue weighted by atomic mass is 35.5. The van der Waals surface area contributed by atoms with E-state index >= 15 is 0 Å². The van der Waals surface area contributed by atoms with E-state index in [-0.39, 0.29) is 24.0 Å². The van der Waals surface area contributed by atoms with Gasteiger partial charge in [-0.1, -0.05) is 23.7 Å². The van der Waals surface area contributed by atoms with Crippen LogP contribution in [-0.4, -0.2) is 31.2 Å². The van der Waals surface area contributed by atoms with Gasteiger partial charge in [0, 0.05) is 0 Å². The number of hydrogen-bond acceptors (Lipinski definition) is 7. The van der Waals surface area contributed by atoms with Gasteiger partial charge in [-0.25, -0.2) is 9.69 Å². The van der Waals surface area contributed by atoms with E-state index < -0.39 is 17.8 Å². The van der Waals surface area contributed by atoms with Crippen LogP contribution < -0.4 is 29.2 Å². The maximum atomic E-state index is 13.3. The van der Waals surface area contributed by atoms with E-state index in [9.17, 15) is 14.4 Å². The molecule has 2 aliphatic heterocycles. The van der Waals surface area contributed by atoms with Crippen molar-refractivity contribution in [3.05, 3.63) is 81.4 Å². The number of urea groups is 1. The van der Waals surface area contributed by atoms with Gasteiger partial charge < -0.3 is 18.9 Å². The van der Waals surface area contributed by atoms with Crippen LogP contribution in [0.5, 0.6) is 23.0 Å². The molecule has 10 heteroatoms. The molecule has 0 aromatic heterocycles. The first-order chi connectivity index (χ1) is 18.7. The number of halogens is 1. The lowest BCUT2D eigenvalue weighted by Gasteiger charge is -2.27. The summed E-state index contributed by atoms with van der Waals surface area (Å²) in [4.78, 5) is 39.6. The Bertz CT molecular complexity index is 1510. The molecule has 0 aliphatic carbocycles. The highest BCUT2D eigenvalue weighted by Crippen LogP contribution is 2.39. The molecule has 0 radical (unpaired) electrons. The molecule has 0 atom stereocenters. The number of ether oxygens (including phenoxy) is 4. The van der Waals surface area contributed by atoms with Crippen molar-refractivity contribution in [3.63, 3.8) is 0 Å². The molecule has 2 aliphatic rings. The molecule has 0 bridgehead atoms. The third-order valence-corrected chi connectivity index (χ3v) is 6.31. The Morgan fingerprint density at radius 3 is 2.46 bits per heavy atom. The van der Waals surface area contributed by atoms with Crippen molar-refractivity contribution < 1.29 is 33.3 Å². The van der Waals surface area contributed by atoms with Gasteiger partial charge in [-0.2, -0.15) is 0 Å². The summed E-state index contributed by atoms with van der Waals surface area (Å²) in [6.07, 6.45) is 1.37. The summed E-state index contributed by atoms with van der Waals surface area (Å²) in [5.74, 6) is 0.406. The van der Waals surface area contributed by atoms with Crippen molar-refractivity contribution in [1.82, 2.24) is 5.32 Å². The van der Waals surface area contributed by atoms with E-state index in [0.717, 1.165) is 21.6 Å². The van der Waals surface area contributed by atoms with Crippen LogP contribution >= 0.6 is 11.6 Å². The Morgan fingerprint density at radius 1 is 0.974 bits per heavy atom. The molecular weight excluding hydrogens is 524 g/mol. The Kier molecular flexibility index (Phi) is 7.17. The highest BCUT2D eigenvalue weighted by Gasteiger charge is 2.37. The normalized spacial score (nSPS) is 15.5. The minimum atomic E-state index is -0.813. The summed E-state index contributed by atoms with van der Waals surface area (Å²) in [6, 6.07) is 13.2. The molecule has 0 saturated carbocycles. The molecule has 1 fully saturated rings. The predicted molar refractivity (Wildman–Crippen MR) is 144 cm³/mol. The van der Waals surface area contributed by atoms with Crippen LogP contribution in [0.4, 0.5) is 10.5 Å². The number of carbonyl (C=O) groups excluding carboxylic acids is 3. The van der Waals surface area contributed by atoms with E-state index in [1.807, 2.05) is 39.0 Å². The summed E-state index contributed by atoms with van der Waals surface area (Å²) in [5, 5.41) is 2.46. The average molecular weight is 549 g/mol. The van der Waals surface area contributed by atoms with Crippen molar-refractivity contribution in [2.75, 3.05) is 18.3 Å². The number of aryl methyl sites for hydroxylation is 2. The summed E-state index contributed by atoms with van der Waals surface area (Å²) in [7, 11) is 0. The second-order valence-corrected chi connectivity index (χ2v) is 9.45. The van der Waals surface area contributed by atoms with Gasteiger partial charge in [0.05, 0.1) is 17.3 Å². The SMILES string of the molecule is CCOc1cc(/C=C2\C(=O)NC(=O)N(c3cc(C)cc(C)c3)C2=O)cc(Cl)c1OCc1ccc2c(c1)OCO2. The molecule has 2 heterocycles. The van der Waals surface area contributed by atoms with Crippen LogP contribution in [0.25, 0.3) is 6.08 Å². The second-order valence-electron chi connectivity index (χ2n) is 9.04. The minimum Gasteiger partial charge on any atom is -0.490 e. The smallest absolute Gasteiger partial charge is 0.335 e. The fraction of sp³-hybridized carbons (Fsp3) is 0.207. The molecule has 5 rings (SSSR count). The third-order valence-electron chi connectivity index (χ3n) is 6.03. The number of fused-ring (bicyclic) bond motifs is 1. The van der Waals surface area contributed by atoms with Crippen LogP contribution in [-0.2, 0) is 16.2 Å². The van der Waals surface area contributed by atoms with E-state index in [1.165, 1.54) is 6.08 Å². The van der Waals surface area contributed by atoms with E-state index in [0.29, 0.717) is 40.9 Å². The van der Waals surface area contributed by atoms with Gasteiger partial charge in [0.1, 0.15) is 12.2 Å². The van der Waals surface area contributed by atoms with E-state index in [2.05, 4.69) is 5.32 Å². The lowest BCUT2D eigenvalue weighted by atomic mass is 10.0. The number of nitrogens with one attached hydrogen (secondary N) is 1. The van der Waals surface area contributed by atoms with Gasteiger partial charge in [0.25, 0.3) is 11.8 Å². The van der Waals surface area contributed by atoms with Crippen LogP contribution in [0.3, 0.4) is 0 Å². The number of amides is 4. The first-order valence-electron chi connectivity index (χ1n) is 12.2. The molecule has 3 aromatic carbocycles. The zero-order chi connectivity index (χ0) is 27.7. The topological polar surface area (TPSA) is 103 Å². The molecular formula is C29H25ClN2O7. The van der Waals surface area contributed by atoms with Crippen molar-refractivity contribution in [1.29, 1.82) is 0 Å². The second kappa shape index (κ2) is 10.7. The molecule has 1 saturated heterocycles. The van der Waals surface area contributed by atoms with E-state index in [4.69, 9.17) is 30.5 Å². The third kappa shape index (κ3) is 5.39. The van der Waals surface area contributed by atoms with Crippen LogP contribution in [0.2, 0.25) is 5.02 Å². The minimum absolute atomic E-state index is 0.175. The van der Waals surface area contributed by atoms with Gasteiger partial charge >= 0.3 is 6.03 Å². The van der Waals surface area contributed by atoms with Crippen molar-refractivity contribution >= 4 is 41.2 Å². The number of imide groups is 2. The Morgan fingerprint density at radius 2 is 1.72 bits per heavy atom. The van der Waals surface area contributed by atoms with Crippen molar-refractivity contribution in [3.8, 4) is 23.0 Å². The molecule has 39 heavy (non-hydrogen) atoms. The van der Waals surface area contributed by atoms with Gasteiger partial charge in [-0.3, -0.25) is 14.9 Å². The predicted octanol–water partition coefficient (Wildman–Crippen LogP) is 5.33. The molecule has 4 amide bonds. The van der Waals surface area contributed by atoms with Crippen LogP contribution in [0.1, 0.15) is 29.2 Å². The van der Waals surface area contributed by atoms with E-state index in [1.54, 1.807) is 30.3 Å².